The normalized spacial score (nSPS) is 18.1. The Kier molecular flexibility index (Phi) is 6.89. The van der Waals surface area contributed by atoms with E-state index in [4.69, 9.17) is 9.47 Å². The zero-order valence-corrected chi connectivity index (χ0v) is 20.4. The summed E-state index contributed by atoms with van der Waals surface area (Å²) in [5.74, 6) is 0.482. The third-order valence-corrected chi connectivity index (χ3v) is 6.85. The number of nitrogens with zero attached hydrogens (tertiary/aromatic N) is 5. The van der Waals surface area contributed by atoms with Gasteiger partial charge in [0, 0.05) is 63.6 Å². The lowest BCUT2D eigenvalue weighted by molar-refractivity contribution is 0.0796. The summed E-state index contributed by atoms with van der Waals surface area (Å²) in [6.07, 6.45) is 9.87. The van der Waals surface area contributed by atoms with Crippen LogP contribution < -0.4 is 15.5 Å². The molecule has 3 aromatic heterocycles. The lowest BCUT2D eigenvalue weighted by Gasteiger charge is -2.30. The SMILES string of the molecule is COC1=CC(n2ccc(-c3nc(C(=O)Nc4cnccc4N4CCNCC4)cs3)n2)=CCC1OC. The van der Waals surface area contributed by atoms with Crippen LogP contribution in [0.2, 0.25) is 0 Å². The van der Waals surface area contributed by atoms with E-state index in [1.54, 1.807) is 36.7 Å². The van der Waals surface area contributed by atoms with Gasteiger partial charge in [0.25, 0.3) is 5.91 Å². The third-order valence-electron chi connectivity index (χ3n) is 5.98. The van der Waals surface area contributed by atoms with E-state index in [9.17, 15) is 4.79 Å². The highest BCUT2D eigenvalue weighted by molar-refractivity contribution is 7.13. The van der Waals surface area contributed by atoms with Gasteiger partial charge < -0.3 is 25.0 Å². The highest BCUT2D eigenvalue weighted by Gasteiger charge is 2.21. The van der Waals surface area contributed by atoms with Gasteiger partial charge in [-0.1, -0.05) is 6.08 Å². The first-order valence-corrected chi connectivity index (χ1v) is 12.3. The molecule has 35 heavy (non-hydrogen) atoms. The van der Waals surface area contributed by atoms with Crippen LogP contribution >= 0.6 is 11.3 Å². The van der Waals surface area contributed by atoms with Crippen LogP contribution in [0.1, 0.15) is 16.9 Å². The van der Waals surface area contributed by atoms with Gasteiger partial charge in [0.05, 0.1) is 30.4 Å². The highest BCUT2D eigenvalue weighted by Crippen LogP contribution is 2.28. The summed E-state index contributed by atoms with van der Waals surface area (Å²) in [4.78, 5) is 24.0. The summed E-state index contributed by atoms with van der Waals surface area (Å²) < 4.78 is 12.7. The summed E-state index contributed by atoms with van der Waals surface area (Å²) in [5.41, 5.74) is 3.57. The molecule has 1 amide bonds. The average molecular weight is 494 g/mol. The Balaban J connectivity index is 1.30. The van der Waals surface area contributed by atoms with E-state index in [1.807, 2.05) is 24.4 Å². The van der Waals surface area contributed by atoms with Gasteiger partial charge in [-0.3, -0.25) is 9.78 Å². The van der Waals surface area contributed by atoms with E-state index in [2.05, 4.69) is 36.7 Å². The summed E-state index contributed by atoms with van der Waals surface area (Å²) in [5, 5.41) is 13.4. The molecule has 3 aromatic rings. The Bertz CT molecular complexity index is 1260. The molecule has 0 spiro atoms. The third kappa shape index (κ3) is 4.97. The van der Waals surface area contributed by atoms with Gasteiger partial charge in [-0.25, -0.2) is 9.67 Å². The van der Waals surface area contributed by atoms with Crippen LogP contribution in [0.5, 0.6) is 0 Å². The lowest BCUT2D eigenvalue weighted by atomic mass is 10.1. The van der Waals surface area contributed by atoms with Crippen LogP contribution in [0.25, 0.3) is 16.4 Å². The second-order valence-corrected chi connectivity index (χ2v) is 8.97. The Morgan fingerprint density at radius 2 is 2.11 bits per heavy atom. The number of allylic oxidation sites excluding steroid dienone is 2. The van der Waals surface area contributed by atoms with Crippen molar-refractivity contribution in [1.82, 2.24) is 25.1 Å². The molecule has 0 bridgehead atoms. The Hall–Kier alpha value is -3.54. The molecular weight excluding hydrogens is 466 g/mol. The topological polar surface area (TPSA) is 106 Å². The minimum Gasteiger partial charge on any atom is -0.498 e. The van der Waals surface area contributed by atoms with Crippen molar-refractivity contribution in [3.05, 3.63) is 59.7 Å². The molecule has 1 fully saturated rings. The van der Waals surface area contributed by atoms with Crippen LogP contribution in [0.3, 0.4) is 0 Å². The van der Waals surface area contributed by atoms with Crippen LogP contribution in [0, 0.1) is 0 Å². The first kappa shape index (κ1) is 23.2. The van der Waals surface area contributed by atoms with Crippen molar-refractivity contribution in [2.45, 2.75) is 12.5 Å². The fourth-order valence-electron chi connectivity index (χ4n) is 4.13. The number of anilines is 2. The van der Waals surface area contributed by atoms with Crippen LogP contribution in [0.4, 0.5) is 11.4 Å². The van der Waals surface area contributed by atoms with Crippen molar-refractivity contribution in [2.24, 2.45) is 0 Å². The molecule has 1 saturated heterocycles. The number of rotatable bonds is 7. The molecule has 10 nitrogen and oxygen atoms in total. The molecular formula is C24H27N7O3S. The molecule has 4 heterocycles. The number of amides is 1. The molecule has 0 radical (unpaired) electrons. The maximum atomic E-state index is 13.0. The molecule has 5 rings (SSSR count). The van der Waals surface area contributed by atoms with Gasteiger partial charge >= 0.3 is 0 Å². The quantitative estimate of drug-likeness (QED) is 0.518. The number of piperazine rings is 1. The molecule has 2 aliphatic rings. The predicted molar refractivity (Wildman–Crippen MR) is 135 cm³/mol. The average Bonchev–Trinajstić information content (AvgIpc) is 3.59. The fraction of sp³-hybridized carbons (Fsp3) is 0.333. The van der Waals surface area contributed by atoms with Gasteiger partial charge in [0.15, 0.2) is 0 Å². The molecule has 1 aliphatic carbocycles. The Morgan fingerprint density at radius 1 is 1.26 bits per heavy atom. The molecule has 0 aromatic carbocycles. The van der Waals surface area contributed by atoms with Gasteiger partial charge in [0.2, 0.25) is 0 Å². The second-order valence-electron chi connectivity index (χ2n) is 8.11. The standard InChI is InChI=1S/C24H27N7O3S/c1-33-21-4-3-16(13-22(21)34-2)31-10-6-17(29-31)24-28-19(15-35-24)23(32)27-18-14-26-7-5-20(18)30-11-8-25-9-12-30/h3,5-7,10,13-15,21,25H,4,8-9,11-12H2,1-2H3,(H,27,32). The number of carbonyl (C=O) groups is 1. The lowest BCUT2D eigenvalue weighted by Crippen LogP contribution is -2.43. The summed E-state index contributed by atoms with van der Waals surface area (Å²) in [6, 6.07) is 3.81. The zero-order chi connectivity index (χ0) is 24.2. The smallest absolute Gasteiger partial charge is 0.275 e. The number of nitrogens with one attached hydrogen (secondary N) is 2. The Labute approximate surface area is 207 Å². The number of hydrogen-bond acceptors (Lipinski definition) is 9. The van der Waals surface area contributed by atoms with Crippen molar-refractivity contribution in [3.63, 3.8) is 0 Å². The van der Waals surface area contributed by atoms with E-state index in [0.29, 0.717) is 28.5 Å². The molecule has 0 saturated carbocycles. The van der Waals surface area contributed by atoms with E-state index in [-0.39, 0.29) is 12.0 Å². The highest BCUT2D eigenvalue weighted by atomic mass is 32.1. The van der Waals surface area contributed by atoms with E-state index < -0.39 is 0 Å². The first-order chi connectivity index (χ1) is 17.2. The summed E-state index contributed by atoms with van der Waals surface area (Å²) in [7, 11) is 3.30. The molecule has 2 N–H and O–H groups in total. The monoisotopic (exact) mass is 493 g/mol. The molecule has 182 valence electrons. The number of pyridine rings is 1. The molecule has 1 aliphatic heterocycles. The minimum absolute atomic E-state index is 0.0919. The van der Waals surface area contributed by atoms with Crippen LogP contribution in [-0.4, -0.2) is 72.2 Å². The van der Waals surface area contributed by atoms with Crippen molar-refractivity contribution < 1.29 is 14.3 Å². The fourth-order valence-corrected chi connectivity index (χ4v) is 4.90. The first-order valence-electron chi connectivity index (χ1n) is 11.4. The largest absolute Gasteiger partial charge is 0.498 e. The van der Waals surface area contributed by atoms with E-state index >= 15 is 0 Å². The van der Waals surface area contributed by atoms with Crippen molar-refractivity contribution in [3.8, 4) is 10.7 Å². The number of ether oxygens (including phenoxy) is 2. The van der Waals surface area contributed by atoms with Crippen molar-refractivity contribution in [2.75, 3.05) is 50.6 Å². The minimum atomic E-state index is -0.274. The number of methoxy groups -OCH3 is 2. The predicted octanol–water partition coefficient (Wildman–Crippen LogP) is 2.85. The number of carbonyl (C=O) groups excluding carboxylic acids is 1. The van der Waals surface area contributed by atoms with Crippen LogP contribution in [0.15, 0.2) is 54.0 Å². The zero-order valence-electron chi connectivity index (χ0n) is 19.6. The van der Waals surface area contributed by atoms with Crippen molar-refractivity contribution in [1.29, 1.82) is 0 Å². The molecule has 11 heteroatoms. The van der Waals surface area contributed by atoms with E-state index in [0.717, 1.165) is 43.3 Å². The van der Waals surface area contributed by atoms with Crippen LogP contribution in [-0.2, 0) is 9.47 Å². The second kappa shape index (κ2) is 10.4. The van der Waals surface area contributed by atoms with E-state index in [1.165, 1.54) is 11.3 Å². The van der Waals surface area contributed by atoms with Gasteiger partial charge in [-0.15, -0.1) is 11.3 Å². The van der Waals surface area contributed by atoms with Gasteiger partial charge in [0.1, 0.15) is 28.3 Å². The molecule has 1 atom stereocenters. The van der Waals surface area contributed by atoms with Gasteiger partial charge in [-0.2, -0.15) is 5.10 Å². The maximum absolute atomic E-state index is 13.0. The number of thiazole rings is 1. The van der Waals surface area contributed by atoms with Crippen molar-refractivity contribution >= 4 is 34.3 Å². The summed E-state index contributed by atoms with van der Waals surface area (Å²) in [6.45, 7) is 3.56. The number of hydrogen-bond donors (Lipinski definition) is 2. The molecule has 1 unspecified atom stereocenters. The number of aromatic nitrogens is 4. The Morgan fingerprint density at radius 3 is 2.91 bits per heavy atom. The maximum Gasteiger partial charge on any atom is 0.275 e. The van der Waals surface area contributed by atoms with Gasteiger partial charge in [-0.05, 0) is 12.1 Å². The summed E-state index contributed by atoms with van der Waals surface area (Å²) >= 11 is 1.38.